The van der Waals surface area contributed by atoms with Crippen LogP contribution in [0.15, 0.2) is 30.3 Å². The number of ether oxygens (including phenoxy) is 3. The summed E-state index contributed by atoms with van der Waals surface area (Å²) in [5, 5.41) is 19.5. The molecule has 0 aliphatic rings. The molecule has 0 aliphatic carbocycles. The predicted molar refractivity (Wildman–Crippen MR) is 222 cm³/mol. The summed E-state index contributed by atoms with van der Waals surface area (Å²) in [6, 6.07) is 10.3. The maximum atomic E-state index is 11.7. The third-order valence-corrected chi connectivity index (χ3v) is 7.00. The highest BCUT2D eigenvalue weighted by Crippen LogP contribution is 1.99. The predicted octanol–water partition coefficient (Wildman–Crippen LogP) is 1.17. The summed E-state index contributed by atoms with van der Waals surface area (Å²) in [6.07, 6.45) is 5.11. The van der Waals surface area contributed by atoms with E-state index in [1.807, 2.05) is 23.5 Å². The topological polar surface area (TPSA) is 263 Å². The van der Waals surface area contributed by atoms with Crippen molar-refractivity contribution in [3.05, 3.63) is 35.9 Å². The van der Waals surface area contributed by atoms with Gasteiger partial charge in [-0.3, -0.25) is 28.8 Å². The number of hydrogen-bond donors (Lipinski definition) is 8. The minimum absolute atomic E-state index is 0.163. The molecule has 0 heterocycles. The number of nitrogens with one attached hydrogen (secondary N) is 5. The fourth-order valence-corrected chi connectivity index (χ4v) is 3.81. The molecule has 56 heavy (non-hydrogen) atoms. The van der Waals surface area contributed by atoms with Gasteiger partial charge < -0.3 is 57.4 Å². The normalized spacial score (nSPS) is 9.48. The molecule has 0 saturated carbocycles. The molecule has 0 spiro atoms. The van der Waals surface area contributed by atoms with Crippen LogP contribution in [0.2, 0.25) is 0 Å². The van der Waals surface area contributed by atoms with Crippen molar-refractivity contribution in [2.45, 2.75) is 53.4 Å². The lowest BCUT2D eigenvalue weighted by molar-refractivity contribution is -0.136. The van der Waals surface area contributed by atoms with Crippen LogP contribution in [0.1, 0.15) is 52.0 Å². The van der Waals surface area contributed by atoms with Gasteiger partial charge in [-0.15, -0.1) is 11.8 Å². The van der Waals surface area contributed by atoms with Crippen molar-refractivity contribution in [3.8, 4) is 0 Å². The second-order valence-electron chi connectivity index (χ2n) is 10.8. The minimum Gasteiger partial charge on any atom is -0.480 e. The van der Waals surface area contributed by atoms with E-state index in [1.165, 1.54) is 43.0 Å². The summed E-state index contributed by atoms with van der Waals surface area (Å²) in [5.41, 5.74) is 11.6. The standard InChI is InChI=1S/C18H33FN4O7S2.C7H8.2C4H11N.C3H5NO3/c1-2-20-15(24)11-21-16(25)12-22-17(26)13-23-18(27)14-31-9-7-29-5-3-28-4-6-30-8-10-32-19;1-7-5-3-2-4-6-7;2*1-2-3-4-5;5-2-4-1-3(6)7/h2-14H2,1H3,(H,20,24)(H,21,25)(H,22,26)(H,23,27);2-6H,1H3;2*2-5H2,1H3;2H,1H2,(H,4,5)(H,6,7). The van der Waals surface area contributed by atoms with Crippen molar-refractivity contribution >= 4 is 59.9 Å². The number of aliphatic carboxylic acids is 1. The molecule has 1 aromatic carbocycles. The summed E-state index contributed by atoms with van der Waals surface area (Å²) < 4.78 is 27.5. The van der Waals surface area contributed by atoms with Crippen LogP contribution in [-0.4, -0.2) is 144 Å². The molecular weight excluding hydrogens is 774 g/mol. The Morgan fingerprint density at radius 1 is 0.696 bits per heavy atom. The van der Waals surface area contributed by atoms with Crippen molar-refractivity contribution in [1.29, 1.82) is 0 Å². The molecule has 0 fully saturated rings. The number of carboxylic acids is 1. The number of hydrogen-bond acceptors (Lipinski definition) is 13. The number of likely N-dealkylation sites (N-methyl/N-ethyl adjacent to an activating group) is 1. The van der Waals surface area contributed by atoms with E-state index < -0.39 is 17.8 Å². The summed E-state index contributed by atoms with van der Waals surface area (Å²) in [7, 11) is 0. The van der Waals surface area contributed by atoms with Crippen LogP contribution >= 0.6 is 23.9 Å². The minimum atomic E-state index is -1.04. The Morgan fingerprint density at radius 2 is 1.14 bits per heavy atom. The van der Waals surface area contributed by atoms with Crippen molar-refractivity contribution in [1.82, 2.24) is 26.6 Å². The molecule has 0 atom stereocenters. The Balaban J connectivity index is -0.000000446. The van der Waals surface area contributed by atoms with Crippen molar-refractivity contribution < 1.29 is 52.0 Å². The van der Waals surface area contributed by atoms with E-state index in [9.17, 15) is 32.7 Å². The molecule has 0 aliphatic heterocycles. The molecule has 0 radical (unpaired) electrons. The Morgan fingerprint density at radius 3 is 1.48 bits per heavy atom. The van der Waals surface area contributed by atoms with Crippen molar-refractivity contribution in [2.24, 2.45) is 11.5 Å². The van der Waals surface area contributed by atoms with Gasteiger partial charge >= 0.3 is 5.97 Å². The van der Waals surface area contributed by atoms with Crippen LogP contribution in [0.25, 0.3) is 0 Å². The van der Waals surface area contributed by atoms with Gasteiger partial charge in [0, 0.05) is 30.2 Å². The number of amides is 5. The number of carboxylic acid groups (broad SMARTS) is 1. The lowest BCUT2D eigenvalue weighted by atomic mass is 10.2. The summed E-state index contributed by atoms with van der Waals surface area (Å²) in [6.45, 7) is 11.8. The highest BCUT2D eigenvalue weighted by Gasteiger charge is 2.09. The van der Waals surface area contributed by atoms with Gasteiger partial charge in [-0.2, -0.15) is 3.89 Å². The first kappa shape index (κ1) is 59.2. The van der Waals surface area contributed by atoms with Gasteiger partial charge in [0.1, 0.15) is 6.54 Å². The summed E-state index contributed by atoms with van der Waals surface area (Å²) >= 11 is 1.60. The molecule has 10 N–H and O–H groups in total. The smallest absolute Gasteiger partial charge is 0.322 e. The van der Waals surface area contributed by atoms with Gasteiger partial charge in [0.2, 0.25) is 30.0 Å². The van der Waals surface area contributed by atoms with E-state index >= 15 is 0 Å². The van der Waals surface area contributed by atoms with Gasteiger partial charge in [-0.05, 0) is 39.8 Å². The van der Waals surface area contributed by atoms with E-state index in [0.29, 0.717) is 64.1 Å². The molecule has 1 rings (SSSR count). The molecule has 5 amide bonds. The Labute approximate surface area is 341 Å². The zero-order valence-electron chi connectivity index (χ0n) is 33.6. The second kappa shape index (κ2) is 51.5. The number of benzene rings is 1. The fraction of sp³-hybridized carbons (Fsp3) is 0.667. The van der Waals surface area contributed by atoms with Crippen molar-refractivity contribution in [2.75, 3.05) is 103 Å². The van der Waals surface area contributed by atoms with Crippen LogP contribution in [0.3, 0.4) is 0 Å². The Kier molecular flexibility index (Phi) is 54.4. The lowest BCUT2D eigenvalue weighted by Crippen LogP contribution is -2.44. The molecule has 0 bridgehead atoms. The zero-order valence-corrected chi connectivity index (χ0v) is 35.2. The van der Waals surface area contributed by atoms with Crippen molar-refractivity contribution in [3.63, 3.8) is 0 Å². The molecule has 0 aromatic heterocycles. The molecular formula is C36H68FN7O10S2. The van der Waals surface area contributed by atoms with Crippen LogP contribution in [0, 0.1) is 6.92 Å². The first-order chi connectivity index (χ1) is 27.0. The number of thioether (sulfide) groups is 1. The number of rotatable bonds is 28. The first-order valence-corrected chi connectivity index (χ1v) is 20.4. The number of halogens is 1. The number of aryl methyl sites for hydroxylation is 1. The van der Waals surface area contributed by atoms with Gasteiger partial charge in [0.05, 0.1) is 65.0 Å². The number of nitrogens with two attached hydrogens (primary N) is 2. The van der Waals surface area contributed by atoms with Crippen LogP contribution in [0.4, 0.5) is 3.89 Å². The molecule has 1 aromatic rings. The van der Waals surface area contributed by atoms with E-state index in [2.05, 4.69) is 54.2 Å². The maximum absolute atomic E-state index is 11.7. The van der Waals surface area contributed by atoms with Crippen LogP contribution in [0.5, 0.6) is 0 Å². The SMILES string of the molecule is CCCCN.CCCCN.CCNC(=O)CNC(=O)CNC(=O)CNC(=O)CSCCOCCOCCOCCSF.Cc1ccccc1.O=CNCC(=O)O. The van der Waals surface area contributed by atoms with E-state index in [-0.39, 0.29) is 55.9 Å². The average Bonchev–Trinajstić information content (AvgIpc) is 3.18. The van der Waals surface area contributed by atoms with E-state index in [0.717, 1.165) is 13.1 Å². The Bertz CT molecular complexity index is 1060. The van der Waals surface area contributed by atoms with Gasteiger partial charge in [0.15, 0.2) is 0 Å². The van der Waals surface area contributed by atoms with E-state index in [4.69, 9.17) is 30.8 Å². The molecule has 0 unspecified atom stereocenters. The van der Waals surface area contributed by atoms with Gasteiger partial charge in [-0.1, -0.05) is 62.6 Å². The average molecular weight is 842 g/mol. The van der Waals surface area contributed by atoms with Gasteiger partial charge in [-0.25, -0.2) is 0 Å². The quantitative estimate of drug-likeness (QED) is 0.0436. The monoisotopic (exact) mass is 841 g/mol. The van der Waals surface area contributed by atoms with Crippen LogP contribution < -0.4 is 38.1 Å². The first-order valence-electron chi connectivity index (χ1n) is 18.4. The highest BCUT2D eigenvalue weighted by atomic mass is 32.2. The maximum Gasteiger partial charge on any atom is 0.322 e. The van der Waals surface area contributed by atoms with E-state index in [1.54, 1.807) is 6.92 Å². The third-order valence-electron chi connectivity index (χ3n) is 5.76. The number of carbonyl (C=O) groups is 6. The Hall–Kier alpha value is -3.53. The molecule has 20 heteroatoms. The zero-order chi connectivity index (χ0) is 42.9. The number of carbonyl (C=O) groups excluding carboxylic acids is 5. The molecule has 17 nitrogen and oxygen atoms in total. The van der Waals surface area contributed by atoms with Gasteiger partial charge in [0.25, 0.3) is 0 Å². The molecule has 0 saturated heterocycles. The number of unbranched alkanes of at least 4 members (excludes halogenated alkanes) is 2. The van der Waals surface area contributed by atoms with Crippen LogP contribution in [-0.2, 0) is 43.0 Å². The summed E-state index contributed by atoms with van der Waals surface area (Å²) in [5.74, 6) is -1.57. The lowest BCUT2D eigenvalue weighted by Gasteiger charge is -2.08. The third kappa shape index (κ3) is 59.7. The highest BCUT2D eigenvalue weighted by molar-refractivity contribution is 7.99. The largest absolute Gasteiger partial charge is 0.480 e. The molecule has 326 valence electrons. The summed E-state index contributed by atoms with van der Waals surface area (Å²) in [4.78, 5) is 64.9. The fourth-order valence-electron chi connectivity index (χ4n) is 2.96. The second-order valence-corrected chi connectivity index (χ2v) is 12.5.